The van der Waals surface area contributed by atoms with Crippen LogP contribution >= 0.6 is 12.2 Å². The van der Waals surface area contributed by atoms with Gasteiger partial charge in [-0.3, -0.25) is 9.69 Å². The van der Waals surface area contributed by atoms with Crippen LogP contribution in [-0.4, -0.2) is 41.5 Å². The second kappa shape index (κ2) is 7.69. The van der Waals surface area contributed by atoms with E-state index in [4.69, 9.17) is 18.0 Å². The Kier molecular flexibility index (Phi) is 6.57. The summed E-state index contributed by atoms with van der Waals surface area (Å²) in [6.45, 7) is 6.86. The van der Waals surface area contributed by atoms with Gasteiger partial charge in [0, 0.05) is 32.1 Å². The summed E-state index contributed by atoms with van der Waals surface area (Å²) in [5.74, 6) is 0.664. The van der Waals surface area contributed by atoms with Crippen LogP contribution in [0.1, 0.15) is 39.5 Å². The predicted octanol–water partition coefficient (Wildman–Crippen LogP) is 1.29. The fraction of sp³-hybridized carbons (Fsp3) is 0.846. The molecule has 0 bridgehead atoms. The van der Waals surface area contributed by atoms with E-state index in [0.717, 1.165) is 32.4 Å². The van der Waals surface area contributed by atoms with Gasteiger partial charge in [-0.2, -0.15) is 0 Å². The van der Waals surface area contributed by atoms with Crippen molar-refractivity contribution in [1.82, 2.24) is 10.2 Å². The van der Waals surface area contributed by atoms with E-state index in [1.54, 1.807) is 0 Å². The van der Waals surface area contributed by atoms with E-state index >= 15 is 0 Å². The molecular formula is C13H25N3OS. The van der Waals surface area contributed by atoms with E-state index in [1.165, 1.54) is 0 Å². The molecule has 1 aliphatic rings. The number of carbonyl (C=O) groups excluding carboxylic acids is 1. The number of hydrogen-bond donors (Lipinski definition) is 2. The summed E-state index contributed by atoms with van der Waals surface area (Å²) in [4.78, 5) is 14.6. The van der Waals surface area contributed by atoms with E-state index in [-0.39, 0.29) is 5.91 Å². The average Bonchev–Trinajstić information content (AvgIpc) is 2.30. The molecule has 104 valence electrons. The highest BCUT2D eigenvalue weighted by Crippen LogP contribution is 2.11. The molecule has 1 saturated heterocycles. The minimum absolute atomic E-state index is 0.192. The Bertz CT molecular complexity index is 288. The van der Waals surface area contributed by atoms with Crippen LogP contribution in [0, 0.1) is 5.92 Å². The van der Waals surface area contributed by atoms with Crippen molar-refractivity contribution in [2.24, 2.45) is 11.7 Å². The Labute approximate surface area is 115 Å². The zero-order valence-corrected chi connectivity index (χ0v) is 12.3. The number of piperidine rings is 1. The molecule has 1 atom stereocenters. The van der Waals surface area contributed by atoms with Crippen molar-refractivity contribution >= 4 is 23.1 Å². The highest BCUT2D eigenvalue weighted by atomic mass is 32.1. The predicted molar refractivity (Wildman–Crippen MR) is 78.5 cm³/mol. The second-order valence-corrected chi connectivity index (χ2v) is 5.83. The van der Waals surface area contributed by atoms with Crippen LogP contribution in [0.2, 0.25) is 0 Å². The van der Waals surface area contributed by atoms with E-state index < -0.39 is 0 Å². The lowest BCUT2D eigenvalue weighted by atomic mass is 10.0. The quantitative estimate of drug-likeness (QED) is 0.715. The lowest BCUT2D eigenvalue weighted by Gasteiger charge is -2.32. The highest BCUT2D eigenvalue weighted by molar-refractivity contribution is 7.80. The molecule has 18 heavy (non-hydrogen) atoms. The fourth-order valence-electron chi connectivity index (χ4n) is 2.20. The van der Waals surface area contributed by atoms with Gasteiger partial charge in [-0.15, -0.1) is 0 Å². The lowest BCUT2D eigenvalue weighted by molar-refractivity contribution is -0.122. The van der Waals surface area contributed by atoms with Gasteiger partial charge in [0.25, 0.3) is 0 Å². The van der Waals surface area contributed by atoms with Crippen molar-refractivity contribution in [1.29, 1.82) is 0 Å². The van der Waals surface area contributed by atoms with Crippen molar-refractivity contribution in [3.63, 3.8) is 0 Å². The standard InChI is InChI=1S/C13H25N3OS/c1-3-10(2)8-13(17)15-11-4-6-16(7-5-11)9-12(14)18/h10-11H,3-9H2,1-2H3,(H2,14,18)(H,15,17). The molecule has 1 unspecified atom stereocenters. The van der Waals surface area contributed by atoms with Gasteiger partial charge < -0.3 is 11.1 Å². The average molecular weight is 271 g/mol. The summed E-state index contributed by atoms with van der Waals surface area (Å²) >= 11 is 4.90. The molecule has 1 rings (SSSR count). The fourth-order valence-corrected chi connectivity index (χ4v) is 2.39. The molecule has 0 aromatic carbocycles. The molecule has 1 amide bonds. The van der Waals surface area contributed by atoms with Crippen LogP contribution in [0.4, 0.5) is 0 Å². The van der Waals surface area contributed by atoms with Crippen molar-refractivity contribution in [3.05, 3.63) is 0 Å². The molecule has 0 spiro atoms. The maximum absolute atomic E-state index is 11.8. The number of nitrogens with two attached hydrogens (primary N) is 1. The molecule has 0 radical (unpaired) electrons. The van der Waals surface area contributed by atoms with Gasteiger partial charge in [-0.25, -0.2) is 0 Å². The topological polar surface area (TPSA) is 58.4 Å². The van der Waals surface area contributed by atoms with Gasteiger partial charge in [-0.1, -0.05) is 32.5 Å². The number of nitrogens with zero attached hydrogens (tertiary/aromatic N) is 1. The number of hydrogen-bond acceptors (Lipinski definition) is 3. The van der Waals surface area contributed by atoms with Gasteiger partial charge in [-0.05, 0) is 18.8 Å². The molecule has 1 aliphatic heterocycles. The Morgan fingerprint density at radius 1 is 1.50 bits per heavy atom. The monoisotopic (exact) mass is 271 g/mol. The van der Waals surface area contributed by atoms with Crippen LogP contribution in [0.25, 0.3) is 0 Å². The van der Waals surface area contributed by atoms with Crippen molar-refractivity contribution in [3.8, 4) is 0 Å². The molecule has 0 aromatic heterocycles. The number of rotatable bonds is 6. The van der Waals surface area contributed by atoms with Gasteiger partial charge in [0.2, 0.25) is 5.91 Å². The van der Waals surface area contributed by atoms with Crippen LogP contribution in [0.5, 0.6) is 0 Å². The summed E-state index contributed by atoms with van der Waals surface area (Å²) in [6, 6.07) is 0.323. The molecule has 1 fully saturated rings. The first-order chi connectivity index (χ1) is 8.51. The zero-order valence-electron chi connectivity index (χ0n) is 11.4. The second-order valence-electron chi connectivity index (χ2n) is 5.30. The van der Waals surface area contributed by atoms with E-state index in [2.05, 4.69) is 24.1 Å². The Balaban J connectivity index is 2.22. The first kappa shape index (κ1) is 15.4. The smallest absolute Gasteiger partial charge is 0.220 e. The first-order valence-electron chi connectivity index (χ1n) is 6.81. The summed E-state index contributed by atoms with van der Waals surface area (Å²) in [7, 11) is 0. The summed E-state index contributed by atoms with van der Waals surface area (Å²) < 4.78 is 0. The van der Waals surface area contributed by atoms with Gasteiger partial charge in [0.1, 0.15) is 0 Å². The van der Waals surface area contributed by atoms with Crippen molar-refractivity contribution < 1.29 is 4.79 Å². The third-order valence-corrected chi connectivity index (χ3v) is 3.69. The molecule has 4 nitrogen and oxygen atoms in total. The van der Waals surface area contributed by atoms with E-state index in [9.17, 15) is 4.79 Å². The number of carbonyl (C=O) groups is 1. The maximum atomic E-state index is 11.8. The molecule has 0 saturated carbocycles. The molecular weight excluding hydrogens is 246 g/mol. The maximum Gasteiger partial charge on any atom is 0.220 e. The number of nitrogens with one attached hydrogen (secondary N) is 1. The zero-order chi connectivity index (χ0) is 13.5. The molecule has 0 aliphatic carbocycles. The Hall–Kier alpha value is -0.680. The summed E-state index contributed by atoms with van der Waals surface area (Å²) in [5, 5.41) is 3.13. The minimum atomic E-state index is 0.192. The van der Waals surface area contributed by atoms with Gasteiger partial charge in [0.05, 0.1) is 4.99 Å². The normalized spacial score (nSPS) is 19.4. The largest absolute Gasteiger partial charge is 0.392 e. The van der Waals surface area contributed by atoms with Crippen LogP contribution < -0.4 is 11.1 Å². The van der Waals surface area contributed by atoms with Crippen LogP contribution in [-0.2, 0) is 4.79 Å². The third kappa shape index (κ3) is 5.78. The Morgan fingerprint density at radius 2 is 2.11 bits per heavy atom. The number of amides is 1. The van der Waals surface area contributed by atoms with Crippen molar-refractivity contribution in [2.45, 2.75) is 45.6 Å². The van der Waals surface area contributed by atoms with Gasteiger partial charge in [0.15, 0.2) is 0 Å². The van der Waals surface area contributed by atoms with Crippen LogP contribution in [0.3, 0.4) is 0 Å². The molecule has 1 heterocycles. The van der Waals surface area contributed by atoms with Crippen LogP contribution in [0.15, 0.2) is 0 Å². The summed E-state index contributed by atoms with van der Waals surface area (Å²) in [6.07, 6.45) is 3.69. The lowest BCUT2D eigenvalue weighted by Crippen LogP contribution is -2.46. The third-order valence-electron chi connectivity index (χ3n) is 3.56. The molecule has 0 aromatic rings. The van der Waals surface area contributed by atoms with Gasteiger partial charge >= 0.3 is 0 Å². The Morgan fingerprint density at radius 3 is 2.61 bits per heavy atom. The number of thiocarbonyl (C=S) groups is 1. The first-order valence-corrected chi connectivity index (χ1v) is 7.22. The van der Waals surface area contributed by atoms with E-state index in [0.29, 0.717) is 29.9 Å². The molecule has 3 N–H and O–H groups in total. The summed E-state index contributed by atoms with van der Waals surface area (Å²) in [5.41, 5.74) is 5.53. The van der Waals surface area contributed by atoms with Crippen molar-refractivity contribution in [2.75, 3.05) is 19.6 Å². The van der Waals surface area contributed by atoms with E-state index in [1.807, 2.05) is 0 Å². The SMILES string of the molecule is CCC(C)CC(=O)NC1CCN(CC(N)=S)CC1. The highest BCUT2D eigenvalue weighted by Gasteiger charge is 2.21. The minimum Gasteiger partial charge on any atom is -0.392 e. The molecule has 5 heteroatoms. The number of likely N-dealkylation sites (tertiary alicyclic amines) is 1.